The monoisotopic (exact) mass is 360 g/mol. The lowest BCUT2D eigenvalue weighted by Crippen LogP contribution is -1.99. The maximum absolute atomic E-state index is 13.7. The molecule has 3 rings (SSSR count). The zero-order valence-electron chi connectivity index (χ0n) is 12.5. The van der Waals surface area contributed by atoms with Gasteiger partial charge in [-0.05, 0) is 0 Å². The number of nitro benzene ring substituents is 1. The molecule has 9 heteroatoms. The third-order valence-electron chi connectivity index (χ3n) is 3.20. The van der Waals surface area contributed by atoms with Gasteiger partial charge in [0, 0.05) is 28.6 Å². The van der Waals surface area contributed by atoms with Crippen molar-refractivity contribution in [3.8, 4) is 11.3 Å². The van der Waals surface area contributed by atoms with E-state index in [1.54, 1.807) is 0 Å². The Morgan fingerprint density at radius 1 is 1.20 bits per heavy atom. The molecule has 1 N–H and O–H groups in total. The molecule has 0 aliphatic heterocycles. The smallest absolute Gasteiger partial charge is 0.258 e. The summed E-state index contributed by atoms with van der Waals surface area (Å²) in [5.74, 6) is -2.18. The number of thiazole rings is 1. The van der Waals surface area contributed by atoms with Crippen LogP contribution in [0.4, 0.5) is 19.6 Å². The van der Waals surface area contributed by atoms with Gasteiger partial charge in [0.05, 0.1) is 16.8 Å². The molecule has 126 valence electrons. The Hall–Kier alpha value is -3.20. The predicted octanol–water partition coefficient (Wildman–Crippen LogP) is 4.44. The molecule has 0 radical (unpaired) electrons. The summed E-state index contributed by atoms with van der Waals surface area (Å²) in [5.41, 5.74) is 3.29. The van der Waals surface area contributed by atoms with E-state index in [4.69, 9.17) is 0 Å². The molecule has 1 heterocycles. The van der Waals surface area contributed by atoms with Gasteiger partial charge in [0.2, 0.25) is 10.9 Å². The van der Waals surface area contributed by atoms with Crippen molar-refractivity contribution >= 4 is 28.4 Å². The fraction of sp³-hybridized carbons (Fsp3) is 0. The largest absolute Gasteiger partial charge is 0.305 e. The third-order valence-corrected chi connectivity index (χ3v) is 3.95. The number of nitro groups is 1. The third kappa shape index (κ3) is 3.83. The van der Waals surface area contributed by atoms with Gasteiger partial charge in [0.1, 0.15) is 5.82 Å². The van der Waals surface area contributed by atoms with Crippen molar-refractivity contribution in [2.45, 2.75) is 0 Å². The lowest BCUT2D eigenvalue weighted by Gasteiger charge is -1.99. The first kappa shape index (κ1) is 16.7. The molecule has 0 bridgehead atoms. The second kappa shape index (κ2) is 7.14. The summed E-state index contributed by atoms with van der Waals surface area (Å²) in [4.78, 5) is 14.1. The Balaban J connectivity index is 1.75. The predicted molar refractivity (Wildman–Crippen MR) is 91.8 cm³/mol. The van der Waals surface area contributed by atoms with E-state index in [2.05, 4.69) is 15.5 Å². The Labute approximate surface area is 144 Å². The van der Waals surface area contributed by atoms with Gasteiger partial charge >= 0.3 is 5.69 Å². The Bertz CT molecular complexity index is 945. The zero-order valence-corrected chi connectivity index (χ0v) is 13.3. The molecule has 0 unspecified atom stereocenters. The molecule has 0 aliphatic rings. The summed E-state index contributed by atoms with van der Waals surface area (Å²) in [6, 6.07) is 10.7. The molecule has 25 heavy (non-hydrogen) atoms. The Morgan fingerprint density at radius 3 is 2.68 bits per heavy atom. The molecule has 0 fully saturated rings. The van der Waals surface area contributed by atoms with Gasteiger partial charge in [-0.25, -0.2) is 9.37 Å². The summed E-state index contributed by atoms with van der Waals surface area (Å²) in [6.07, 6.45) is 1.03. The van der Waals surface area contributed by atoms with Crippen LogP contribution in [0, 0.1) is 21.7 Å². The second-order valence-electron chi connectivity index (χ2n) is 4.86. The van der Waals surface area contributed by atoms with Gasteiger partial charge in [-0.2, -0.15) is 9.49 Å². The fourth-order valence-corrected chi connectivity index (χ4v) is 2.68. The SMILES string of the molecule is O=[N+]([O-])c1cc(C=NNc2nc(-c3ccccc3)cs2)c(F)cc1F. The first-order chi connectivity index (χ1) is 12.0. The van der Waals surface area contributed by atoms with Gasteiger partial charge in [0.15, 0.2) is 0 Å². The van der Waals surface area contributed by atoms with Crippen LogP contribution in [0.25, 0.3) is 11.3 Å². The van der Waals surface area contributed by atoms with Crippen molar-refractivity contribution < 1.29 is 13.7 Å². The molecule has 0 amide bonds. The summed E-state index contributed by atoms with van der Waals surface area (Å²) in [6.45, 7) is 0. The number of rotatable bonds is 5. The quantitative estimate of drug-likeness (QED) is 0.414. The summed E-state index contributed by atoms with van der Waals surface area (Å²) >= 11 is 1.30. The molecular weight excluding hydrogens is 350 g/mol. The van der Waals surface area contributed by atoms with Crippen LogP contribution >= 0.6 is 11.3 Å². The summed E-state index contributed by atoms with van der Waals surface area (Å²) in [7, 11) is 0. The van der Waals surface area contributed by atoms with Crippen molar-refractivity contribution in [1.82, 2.24) is 4.98 Å². The van der Waals surface area contributed by atoms with Crippen molar-refractivity contribution in [3.05, 3.63) is 75.2 Å². The number of nitrogens with one attached hydrogen (secondary N) is 1. The number of aromatic nitrogens is 1. The lowest BCUT2D eigenvalue weighted by molar-refractivity contribution is -0.387. The highest BCUT2D eigenvalue weighted by molar-refractivity contribution is 7.14. The van der Waals surface area contributed by atoms with Crippen LogP contribution in [0.2, 0.25) is 0 Å². The molecule has 6 nitrogen and oxygen atoms in total. The number of hydrogen-bond acceptors (Lipinski definition) is 6. The van der Waals surface area contributed by atoms with Gasteiger partial charge in [-0.15, -0.1) is 11.3 Å². The highest BCUT2D eigenvalue weighted by Crippen LogP contribution is 2.25. The lowest BCUT2D eigenvalue weighted by atomic mass is 10.2. The number of hydrazone groups is 1. The molecule has 0 saturated heterocycles. The van der Waals surface area contributed by atoms with Gasteiger partial charge in [-0.3, -0.25) is 15.5 Å². The minimum Gasteiger partial charge on any atom is -0.258 e. The van der Waals surface area contributed by atoms with E-state index in [9.17, 15) is 18.9 Å². The number of nitrogens with zero attached hydrogens (tertiary/aromatic N) is 3. The Morgan fingerprint density at radius 2 is 1.96 bits per heavy atom. The maximum Gasteiger partial charge on any atom is 0.305 e. The van der Waals surface area contributed by atoms with Crippen LogP contribution in [0.15, 0.2) is 52.9 Å². The van der Waals surface area contributed by atoms with Gasteiger partial charge in [-0.1, -0.05) is 30.3 Å². The second-order valence-corrected chi connectivity index (χ2v) is 5.71. The standard InChI is InChI=1S/C16H10F2N4O2S/c17-12-7-13(18)15(22(23)24)6-11(12)8-19-21-16-20-14(9-25-16)10-4-2-1-3-5-10/h1-9H,(H,20,21). The van der Waals surface area contributed by atoms with Crippen molar-refractivity contribution in [2.75, 3.05) is 5.43 Å². The van der Waals surface area contributed by atoms with Crippen molar-refractivity contribution in [3.63, 3.8) is 0 Å². The minimum atomic E-state index is -1.24. The normalized spacial score (nSPS) is 11.0. The van der Waals surface area contributed by atoms with E-state index in [1.807, 2.05) is 35.7 Å². The van der Waals surface area contributed by atoms with Crippen LogP contribution in [0.3, 0.4) is 0 Å². The van der Waals surface area contributed by atoms with Gasteiger partial charge < -0.3 is 0 Å². The van der Waals surface area contributed by atoms with Crippen molar-refractivity contribution in [2.24, 2.45) is 5.10 Å². The number of hydrogen-bond donors (Lipinski definition) is 1. The number of benzene rings is 2. The average Bonchev–Trinajstić information content (AvgIpc) is 3.06. The van der Waals surface area contributed by atoms with E-state index < -0.39 is 22.2 Å². The molecule has 2 aromatic carbocycles. The van der Waals surface area contributed by atoms with Crippen LogP contribution in [-0.4, -0.2) is 16.1 Å². The summed E-state index contributed by atoms with van der Waals surface area (Å²) in [5, 5.41) is 16.8. The molecule has 3 aromatic rings. The van der Waals surface area contributed by atoms with E-state index in [-0.39, 0.29) is 5.56 Å². The molecule has 0 saturated carbocycles. The minimum absolute atomic E-state index is 0.208. The maximum atomic E-state index is 13.7. The topological polar surface area (TPSA) is 80.4 Å². The molecule has 1 aromatic heterocycles. The first-order valence-electron chi connectivity index (χ1n) is 6.98. The van der Waals surface area contributed by atoms with Crippen LogP contribution in [0.1, 0.15) is 5.56 Å². The average molecular weight is 360 g/mol. The van der Waals surface area contributed by atoms with E-state index in [1.165, 1.54) is 11.3 Å². The molecular formula is C16H10F2N4O2S. The molecule has 0 spiro atoms. The zero-order chi connectivity index (χ0) is 17.8. The van der Waals surface area contributed by atoms with Crippen LogP contribution < -0.4 is 5.43 Å². The van der Waals surface area contributed by atoms with E-state index in [0.717, 1.165) is 23.5 Å². The van der Waals surface area contributed by atoms with Crippen LogP contribution in [-0.2, 0) is 0 Å². The molecule has 0 atom stereocenters. The highest BCUT2D eigenvalue weighted by Gasteiger charge is 2.17. The van der Waals surface area contributed by atoms with Crippen molar-refractivity contribution in [1.29, 1.82) is 0 Å². The molecule has 0 aliphatic carbocycles. The van der Waals surface area contributed by atoms with Crippen LogP contribution in [0.5, 0.6) is 0 Å². The number of anilines is 1. The summed E-state index contributed by atoms with van der Waals surface area (Å²) < 4.78 is 26.9. The van der Waals surface area contributed by atoms with E-state index in [0.29, 0.717) is 11.2 Å². The first-order valence-corrected chi connectivity index (χ1v) is 7.86. The van der Waals surface area contributed by atoms with E-state index >= 15 is 0 Å². The Kier molecular flexibility index (Phi) is 4.75. The highest BCUT2D eigenvalue weighted by atomic mass is 32.1. The number of halogens is 2. The van der Waals surface area contributed by atoms with Gasteiger partial charge in [0.25, 0.3) is 0 Å². The fourth-order valence-electron chi connectivity index (χ4n) is 2.02.